The zero-order valence-electron chi connectivity index (χ0n) is 11.5. The summed E-state index contributed by atoms with van der Waals surface area (Å²) in [4.78, 5) is 1.97. The molecule has 0 radical (unpaired) electrons. The Morgan fingerprint density at radius 1 is 1.20 bits per heavy atom. The van der Waals surface area contributed by atoms with Crippen molar-refractivity contribution in [2.45, 2.75) is 0 Å². The van der Waals surface area contributed by atoms with E-state index >= 15 is 0 Å². The minimum absolute atomic E-state index is 0.526. The molecule has 0 saturated carbocycles. The van der Waals surface area contributed by atoms with Crippen LogP contribution in [-0.4, -0.2) is 50.5 Å². The number of benzene rings is 1. The summed E-state index contributed by atoms with van der Waals surface area (Å²) in [6.07, 6.45) is 0. The van der Waals surface area contributed by atoms with E-state index in [2.05, 4.69) is 5.32 Å². The molecule has 0 fully saturated rings. The summed E-state index contributed by atoms with van der Waals surface area (Å²) in [6, 6.07) is 5.22. The molecule has 0 aromatic heterocycles. The molecule has 1 aromatic rings. The third kappa shape index (κ3) is 5.81. The predicted octanol–water partition coefficient (Wildman–Crippen LogP) is 3.29. The van der Waals surface area contributed by atoms with Gasteiger partial charge in [0.15, 0.2) is 5.11 Å². The summed E-state index contributed by atoms with van der Waals surface area (Å²) in [7, 11) is 3.31. The van der Waals surface area contributed by atoms with E-state index in [9.17, 15) is 0 Å². The van der Waals surface area contributed by atoms with E-state index in [0.717, 1.165) is 5.69 Å². The van der Waals surface area contributed by atoms with Crippen LogP contribution in [0.25, 0.3) is 0 Å². The van der Waals surface area contributed by atoms with Crippen molar-refractivity contribution in [1.29, 1.82) is 0 Å². The Hall–Kier alpha value is -0.590. The lowest BCUT2D eigenvalue weighted by atomic mass is 10.3. The highest BCUT2D eigenvalue weighted by molar-refractivity contribution is 7.80. The van der Waals surface area contributed by atoms with Crippen molar-refractivity contribution in [3.8, 4) is 0 Å². The van der Waals surface area contributed by atoms with Crippen LogP contribution in [0.2, 0.25) is 10.0 Å². The fraction of sp³-hybridized carbons (Fsp3) is 0.462. The molecule has 0 atom stereocenters. The molecule has 1 aromatic carbocycles. The summed E-state index contributed by atoms with van der Waals surface area (Å²) in [5.74, 6) is 0. The highest BCUT2D eigenvalue weighted by Gasteiger charge is 2.11. The number of nitrogens with one attached hydrogen (secondary N) is 1. The molecule has 0 unspecified atom stereocenters. The Morgan fingerprint density at radius 3 is 2.30 bits per heavy atom. The van der Waals surface area contributed by atoms with Crippen LogP contribution in [0.3, 0.4) is 0 Å². The van der Waals surface area contributed by atoms with E-state index in [1.54, 1.807) is 32.4 Å². The summed E-state index contributed by atoms with van der Waals surface area (Å²) in [5, 5.41) is 4.79. The zero-order chi connectivity index (χ0) is 15.0. The number of methoxy groups -OCH3 is 2. The van der Waals surface area contributed by atoms with Gasteiger partial charge in [-0.2, -0.15) is 0 Å². The van der Waals surface area contributed by atoms with Crippen molar-refractivity contribution in [2.24, 2.45) is 0 Å². The van der Waals surface area contributed by atoms with Crippen molar-refractivity contribution < 1.29 is 9.47 Å². The van der Waals surface area contributed by atoms with Gasteiger partial charge in [-0.3, -0.25) is 0 Å². The van der Waals surface area contributed by atoms with E-state index in [-0.39, 0.29) is 0 Å². The first kappa shape index (κ1) is 17.5. The van der Waals surface area contributed by atoms with Gasteiger partial charge in [-0.15, -0.1) is 0 Å². The van der Waals surface area contributed by atoms with Crippen LogP contribution in [-0.2, 0) is 9.47 Å². The van der Waals surface area contributed by atoms with Crippen molar-refractivity contribution in [2.75, 3.05) is 45.8 Å². The molecule has 0 saturated heterocycles. The first-order valence-electron chi connectivity index (χ1n) is 6.07. The molecule has 7 heteroatoms. The molecule has 1 rings (SSSR count). The predicted molar refractivity (Wildman–Crippen MR) is 88.0 cm³/mol. The number of hydrogen-bond acceptors (Lipinski definition) is 3. The molecule has 0 bridgehead atoms. The van der Waals surface area contributed by atoms with Gasteiger partial charge in [-0.1, -0.05) is 23.2 Å². The molecule has 1 N–H and O–H groups in total. The minimum atomic E-state index is 0.526. The molecule has 112 valence electrons. The molecule has 0 aliphatic carbocycles. The van der Waals surface area contributed by atoms with Gasteiger partial charge in [-0.05, 0) is 30.4 Å². The van der Waals surface area contributed by atoms with Gasteiger partial charge in [0.25, 0.3) is 0 Å². The van der Waals surface area contributed by atoms with Crippen LogP contribution in [0.15, 0.2) is 18.2 Å². The lowest BCUT2D eigenvalue weighted by molar-refractivity contribution is 0.147. The molecule has 0 spiro atoms. The Kier molecular flexibility index (Phi) is 8.18. The third-order valence-corrected chi connectivity index (χ3v) is 3.50. The SMILES string of the molecule is COCCN(CCOC)C(=S)Nc1ccc(Cl)cc1Cl. The Labute approximate surface area is 134 Å². The molecule has 0 amide bonds. The number of hydrogen-bond donors (Lipinski definition) is 1. The quantitative estimate of drug-likeness (QED) is 0.772. The first-order valence-corrected chi connectivity index (χ1v) is 7.23. The molecule has 20 heavy (non-hydrogen) atoms. The van der Waals surface area contributed by atoms with Crippen LogP contribution in [0.1, 0.15) is 0 Å². The Balaban J connectivity index is 2.68. The first-order chi connectivity index (χ1) is 9.58. The maximum Gasteiger partial charge on any atom is 0.173 e. The monoisotopic (exact) mass is 336 g/mol. The highest BCUT2D eigenvalue weighted by atomic mass is 35.5. The van der Waals surface area contributed by atoms with Gasteiger partial charge in [0.1, 0.15) is 0 Å². The normalized spacial score (nSPS) is 10.4. The van der Waals surface area contributed by atoms with Crippen LogP contribution in [0, 0.1) is 0 Å². The van der Waals surface area contributed by atoms with E-state index in [1.165, 1.54) is 0 Å². The molecule has 0 heterocycles. The van der Waals surface area contributed by atoms with E-state index in [4.69, 9.17) is 44.9 Å². The molecule has 0 aliphatic heterocycles. The molecule has 4 nitrogen and oxygen atoms in total. The lowest BCUT2D eigenvalue weighted by Crippen LogP contribution is -2.39. The van der Waals surface area contributed by atoms with Gasteiger partial charge < -0.3 is 19.7 Å². The molecule has 0 aliphatic rings. The van der Waals surface area contributed by atoms with Crippen molar-refractivity contribution >= 4 is 46.2 Å². The lowest BCUT2D eigenvalue weighted by Gasteiger charge is -2.25. The number of halogens is 2. The van der Waals surface area contributed by atoms with E-state index in [0.29, 0.717) is 41.5 Å². The van der Waals surface area contributed by atoms with Crippen molar-refractivity contribution in [1.82, 2.24) is 4.90 Å². The summed E-state index contributed by atoms with van der Waals surface area (Å²) >= 11 is 17.4. The highest BCUT2D eigenvalue weighted by Crippen LogP contribution is 2.25. The zero-order valence-corrected chi connectivity index (χ0v) is 13.8. The van der Waals surface area contributed by atoms with Crippen LogP contribution < -0.4 is 5.32 Å². The largest absolute Gasteiger partial charge is 0.383 e. The summed E-state index contributed by atoms with van der Waals surface area (Å²) in [5.41, 5.74) is 0.723. The number of nitrogens with zero attached hydrogens (tertiary/aromatic N) is 1. The number of thiocarbonyl (C=S) groups is 1. The van der Waals surface area contributed by atoms with Crippen LogP contribution in [0.4, 0.5) is 5.69 Å². The molecular weight excluding hydrogens is 319 g/mol. The van der Waals surface area contributed by atoms with Crippen molar-refractivity contribution in [3.05, 3.63) is 28.2 Å². The average molecular weight is 337 g/mol. The van der Waals surface area contributed by atoms with Crippen LogP contribution in [0.5, 0.6) is 0 Å². The maximum absolute atomic E-state index is 6.11. The molecular formula is C13H18Cl2N2O2S. The minimum Gasteiger partial charge on any atom is -0.383 e. The van der Waals surface area contributed by atoms with Gasteiger partial charge in [-0.25, -0.2) is 0 Å². The van der Waals surface area contributed by atoms with Crippen LogP contribution >= 0.6 is 35.4 Å². The second-order valence-electron chi connectivity index (χ2n) is 4.03. The Morgan fingerprint density at radius 2 is 1.80 bits per heavy atom. The van der Waals surface area contributed by atoms with Gasteiger partial charge in [0, 0.05) is 32.3 Å². The second-order valence-corrected chi connectivity index (χ2v) is 5.26. The topological polar surface area (TPSA) is 33.7 Å². The fourth-order valence-electron chi connectivity index (χ4n) is 1.50. The average Bonchev–Trinajstić information content (AvgIpc) is 2.42. The Bertz CT molecular complexity index is 438. The summed E-state index contributed by atoms with van der Waals surface area (Å²) < 4.78 is 10.2. The maximum atomic E-state index is 6.11. The summed E-state index contributed by atoms with van der Waals surface area (Å²) in [6.45, 7) is 2.52. The number of ether oxygens (including phenoxy) is 2. The number of rotatable bonds is 7. The smallest absolute Gasteiger partial charge is 0.173 e. The van der Waals surface area contributed by atoms with Gasteiger partial charge in [0.05, 0.1) is 23.9 Å². The van der Waals surface area contributed by atoms with Crippen molar-refractivity contribution in [3.63, 3.8) is 0 Å². The van der Waals surface area contributed by atoms with Gasteiger partial charge in [0.2, 0.25) is 0 Å². The third-order valence-electron chi connectivity index (χ3n) is 2.59. The number of anilines is 1. The fourth-order valence-corrected chi connectivity index (χ4v) is 2.25. The second kappa shape index (κ2) is 9.37. The van der Waals surface area contributed by atoms with E-state index in [1.807, 2.05) is 4.90 Å². The van der Waals surface area contributed by atoms with Gasteiger partial charge >= 0.3 is 0 Å². The van der Waals surface area contributed by atoms with E-state index < -0.39 is 0 Å². The standard InChI is InChI=1S/C13H18Cl2N2O2S/c1-18-7-5-17(6-8-19-2)13(20)16-12-4-3-10(14)9-11(12)15/h3-4,9H,5-8H2,1-2H3,(H,16,20).